The molecule has 1 aromatic heterocycles. The van der Waals surface area contributed by atoms with Crippen molar-refractivity contribution in [2.24, 2.45) is 5.41 Å². The van der Waals surface area contributed by atoms with Crippen molar-refractivity contribution in [2.45, 2.75) is 20.3 Å². The van der Waals surface area contributed by atoms with Crippen LogP contribution in [0.4, 0.5) is 0 Å². The molecule has 1 aliphatic carbocycles. The Bertz CT molecular complexity index is 312. The van der Waals surface area contributed by atoms with Crippen molar-refractivity contribution in [3.8, 4) is 0 Å². The van der Waals surface area contributed by atoms with Crippen molar-refractivity contribution in [1.82, 2.24) is 5.16 Å². The fourth-order valence-corrected chi connectivity index (χ4v) is 1.42. The molecule has 0 N–H and O–H groups in total. The molecule has 0 saturated heterocycles. The lowest BCUT2D eigenvalue weighted by Gasteiger charge is -2.12. The molecule has 0 aliphatic heterocycles. The van der Waals surface area contributed by atoms with Crippen molar-refractivity contribution >= 4 is 5.78 Å². The number of hydrogen-bond acceptors (Lipinski definition) is 3. The fraction of sp³-hybridized carbons (Fsp3) is 0.500. The highest BCUT2D eigenvalue weighted by molar-refractivity contribution is 6.03. The Kier molecular flexibility index (Phi) is 1.03. The van der Waals surface area contributed by atoms with Crippen LogP contribution in [-0.2, 0) is 6.42 Å². The van der Waals surface area contributed by atoms with Gasteiger partial charge in [-0.25, -0.2) is 0 Å². The third kappa shape index (κ3) is 0.737. The summed E-state index contributed by atoms with van der Waals surface area (Å²) in [5.74, 6) is 0.883. The number of nitrogens with zero attached hydrogens (tertiary/aromatic N) is 1. The van der Waals surface area contributed by atoms with Crippen LogP contribution in [0.5, 0.6) is 0 Å². The molecule has 0 fully saturated rings. The highest BCUT2D eigenvalue weighted by Gasteiger charge is 2.40. The number of Topliss-reactive ketones (excluding diaryl/α,β-unsaturated/α-hetero) is 1. The summed E-state index contributed by atoms with van der Waals surface area (Å²) >= 11 is 0. The molecule has 0 saturated carbocycles. The summed E-state index contributed by atoms with van der Waals surface area (Å²) in [7, 11) is 0. The Morgan fingerprint density at radius 3 is 3.00 bits per heavy atom. The number of carbonyl (C=O) groups is 1. The highest BCUT2D eigenvalue weighted by Crippen LogP contribution is 2.35. The predicted molar refractivity (Wildman–Crippen MR) is 38.3 cm³/mol. The van der Waals surface area contributed by atoms with Crippen LogP contribution < -0.4 is 0 Å². The molecule has 2 rings (SSSR count). The summed E-state index contributed by atoms with van der Waals surface area (Å²) in [5, 5.41) is 3.56. The van der Waals surface area contributed by atoms with E-state index in [1.807, 2.05) is 13.8 Å². The first kappa shape index (κ1) is 6.58. The minimum Gasteiger partial charge on any atom is -0.361 e. The normalized spacial score (nSPS) is 20.4. The Balaban J connectivity index is 2.54. The first-order valence-electron chi connectivity index (χ1n) is 3.59. The van der Waals surface area contributed by atoms with Gasteiger partial charge in [0.25, 0.3) is 0 Å². The zero-order valence-electron chi connectivity index (χ0n) is 6.55. The van der Waals surface area contributed by atoms with Crippen LogP contribution in [0.25, 0.3) is 0 Å². The molecule has 3 nitrogen and oxygen atoms in total. The second-order valence-electron chi connectivity index (χ2n) is 3.55. The lowest BCUT2D eigenvalue weighted by molar-refractivity contribution is 0.0860. The molecule has 0 amide bonds. The van der Waals surface area contributed by atoms with Crippen molar-refractivity contribution in [2.75, 3.05) is 0 Å². The molecule has 0 aromatic carbocycles. The molecular formula is C8H9NO2. The Morgan fingerprint density at radius 1 is 1.64 bits per heavy atom. The summed E-state index contributed by atoms with van der Waals surface area (Å²) in [6.45, 7) is 3.84. The average Bonchev–Trinajstić information content (AvgIpc) is 2.39. The third-order valence-electron chi connectivity index (χ3n) is 2.11. The molecule has 0 bridgehead atoms. The first-order chi connectivity index (χ1) is 5.11. The summed E-state index contributed by atoms with van der Waals surface area (Å²) in [5.41, 5.74) is 0.381. The van der Waals surface area contributed by atoms with E-state index in [2.05, 4.69) is 5.16 Å². The smallest absolute Gasteiger partial charge is 0.174 e. The molecule has 1 aromatic rings. The van der Waals surface area contributed by atoms with Gasteiger partial charge < -0.3 is 4.52 Å². The van der Waals surface area contributed by atoms with Crippen molar-refractivity contribution in [1.29, 1.82) is 0 Å². The Labute approximate surface area is 64.4 Å². The number of carbonyl (C=O) groups excluding carboxylic acids is 1. The number of aromatic nitrogens is 1. The van der Waals surface area contributed by atoms with Gasteiger partial charge in [0.2, 0.25) is 0 Å². The van der Waals surface area contributed by atoms with E-state index in [0.29, 0.717) is 12.0 Å². The topological polar surface area (TPSA) is 43.1 Å². The van der Waals surface area contributed by atoms with Gasteiger partial charge in [-0.1, -0.05) is 19.0 Å². The lowest BCUT2D eigenvalue weighted by atomic mass is 9.89. The molecule has 0 spiro atoms. The van der Waals surface area contributed by atoms with E-state index in [1.54, 1.807) is 0 Å². The van der Waals surface area contributed by atoms with Crippen LogP contribution >= 0.6 is 0 Å². The Morgan fingerprint density at radius 2 is 2.36 bits per heavy atom. The molecule has 0 atom stereocenters. The van der Waals surface area contributed by atoms with Gasteiger partial charge in [-0.3, -0.25) is 4.79 Å². The quantitative estimate of drug-likeness (QED) is 0.563. The van der Waals surface area contributed by atoms with Crippen molar-refractivity contribution in [3.05, 3.63) is 17.5 Å². The largest absolute Gasteiger partial charge is 0.361 e. The minimum atomic E-state index is -0.281. The van der Waals surface area contributed by atoms with E-state index in [9.17, 15) is 4.79 Å². The molecule has 58 valence electrons. The molecular weight excluding hydrogens is 142 g/mol. The zero-order chi connectivity index (χ0) is 8.06. The summed E-state index contributed by atoms with van der Waals surface area (Å²) < 4.78 is 4.91. The minimum absolute atomic E-state index is 0.147. The van der Waals surface area contributed by atoms with Gasteiger partial charge in [0.1, 0.15) is 5.76 Å². The highest BCUT2D eigenvalue weighted by atomic mass is 16.5. The fourth-order valence-electron chi connectivity index (χ4n) is 1.42. The maximum absolute atomic E-state index is 11.5. The van der Waals surface area contributed by atoms with Crippen molar-refractivity contribution in [3.63, 3.8) is 0 Å². The molecule has 1 aliphatic rings. The van der Waals surface area contributed by atoms with Gasteiger partial charge in [0.15, 0.2) is 5.78 Å². The zero-order valence-corrected chi connectivity index (χ0v) is 6.55. The van der Waals surface area contributed by atoms with Crippen molar-refractivity contribution < 1.29 is 9.32 Å². The first-order valence-corrected chi connectivity index (χ1v) is 3.59. The number of ketones is 1. The van der Waals surface area contributed by atoms with E-state index in [1.165, 1.54) is 6.20 Å². The number of fused-ring (bicyclic) bond motifs is 1. The SMILES string of the molecule is CC1(C)Cc2oncc2C1=O. The second kappa shape index (κ2) is 1.72. The molecule has 3 heteroatoms. The van der Waals surface area contributed by atoms with Gasteiger partial charge >= 0.3 is 0 Å². The van der Waals surface area contributed by atoms with E-state index in [-0.39, 0.29) is 11.2 Å². The third-order valence-corrected chi connectivity index (χ3v) is 2.11. The van der Waals surface area contributed by atoms with Crippen LogP contribution in [0.15, 0.2) is 10.7 Å². The van der Waals surface area contributed by atoms with Crippen LogP contribution in [0, 0.1) is 5.41 Å². The second-order valence-corrected chi connectivity index (χ2v) is 3.55. The number of hydrogen-bond donors (Lipinski definition) is 0. The van der Waals surface area contributed by atoms with Gasteiger partial charge in [-0.2, -0.15) is 0 Å². The lowest BCUT2D eigenvalue weighted by Crippen LogP contribution is -2.19. The van der Waals surface area contributed by atoms with E-state index in [0.717, 1.165) is 5.76 Å². The van der Waals surface area contributed by atoms with E-state index >= 15 is 0 Å². The van der Waals surface area contributed by atoms with Crippen LogP contribution in [0.2, 0.25) is 0 Å². The molecule has 11 heavy (non-hydrogen) atoms. The van der Waals surface area contributed by atoms with Crippen LogP contribution in [0.3, 0.4) is 0 Å². The van der Waals surface area contributed by atoms with Gasteiger partial charge in [0, 0.05) is 11.8 Å². The predicted octanol–water partition coefficient (Wildman–Crippen LogP) is 1.44. The summed E-state index contributed by atoms with van der Waals surface area (Å²) in [6.07, 6.45) is 2.19. The van der Waals surface area contributed by atoms with Gasteiger partial charge in [-0.15, -0.1) is 0 Å². The standard InChI is InChI=1S/C8H9NO2/c1-8(2)3-6-5(7(8)10)4-9-11-6/h4H,3H2,1-2H3. The molecule has 0 unspecified atom stereocenters. The number of rotatable bonds is 0. The van der Waals surface area contributed by atoms with Crippen LogP contribution in [0.1, 0.15) is 30.0 Å². The monoisotopic (exact) mass is 151 g/mol. The van der Waals surface area contributed by atoms with Gasteiger partial charge in [0.05, 0.1) is 11.8 Å². The van der Waals surface area contributed by atoms with Gasteiger partial charge in [-0.05, 0) is 0 Å². The average molecular weight is 151 g/mol. The Hall–Kier alpha value is -1.12. The van der Waals surface area contributed by atoms with Crippen LogP contribution in [-0.4, -0.2) is 10.9 Å². The molecule has 1 heterocycles. The van der Waals surface area contributed by atoms with E-state index in [4.69, 9.17) is 4.52 Å². The van der Waals surface area contributed by atoms with E-state index < -0.39 is 0 Å². The maximum atomic E-state index is 11.5. The molecule has 0 radical (unpaired) electrons. The summed E-state index contributed by atoms with van der Waals surface area (Å²) in [6, 6.07) is 0. The maximum Gasteiger partial charge on any atom is 0.174 e. The summed E-state index contributed by atoms with van der Waals surface area (Å²) in [4.78, 5) is 11.5.